The molecule has 1 fully saturated rings. The monoisotopic (exact) mass is 177 g/mol. The average Bonchev–Trinajstić information content (AvgIpc) is 2.12. The smallest absolute Gasteiger partial charge is 0.0682 e. The van der Waals surface area contributed by atoms with Gasteiger partial charge in [-0.3, -0.25) is 0 Å². The maximum Gasteiger partial charge on any atom is 0.0682 e. The molecule has 1 aliphatic rings. The van der Waals surface area contributed by atoms with Crippen LogP contribution < -0.4 is 5.32 Å². The first kappa shape index (κ1) is 8.57. The zero-order valence-electron chi connectivity index (χ0n) is 7.66. The molecule has 1 saturated carbocycles. The predicted octanol–water partition coefficient (Wildman–Crippen LogP) is 2.14. The van der Waals surface area contributed by atoms with E-state index in [0.717, 1.165) is 11.3 Å². The lowest BCUT2D eigenvalue weighted by Gasteiger charge is -2.27. The Kier molecular flexibility index (Phi) is 2.50. The average molecular weight is 177 g/mol. The van der Waals surface area contributed by atoms with Crippen LogP contribution in [0.5, 0.6) is 0 Å². The van der Waals surface area contributed by atoms with Crippen LogP contribution in [0.1, 0.15) is 24.8 Å². The molecule has 13 heavy (non-hydrogen) atoms. The van der Waals surface area contributed by atoms with Gasteiger partial charge >= 0.3 is 0 Å². The molecule has 1 aromatic rings. The second-order valence-electron chi connectivity index (χ2n) is 3.63. The first-order valence-electron chi connectivity index (χ1n) is 4.85. The minimum atomic E-state index is 0.125. The molecule has 2 nitrogen and oxygen atoms in total. The van der Waals surface area contributed by atoms with Gasteiger partial charge in [0.25, 0.3) is 0 Å². The Bertz CT molecular complexity index is 281. The van der Waals surface area contributed by atoms with Crippen LogP contribution >= 0.6 is 0 Å². The predicted molar refractivity (Wildman–Crippen MR) is 53.6 cm³/mol. The lowest BCUT2D eigenvalue weighted by atomic mass is 9.93. The molecule has 0 atom stereocenters. The summed E-state index contributed by atoms with van der Waals surface area (Å²) < 4.78 is 0. The molecule has 0 unspecified atom stereocenters. The number of hydrogen-bond acceptors (Lipinski definition) is 2. The van der Waals surface area contributed by atoms with Gasteiger partial charge in [-0.05, 0) is 37.0 Å². The third-order valence-electron chi connectivity index (χ3n) is 2.59. The van der Waals surface area contributed by atoms with Crippen molar-refractivity contribution < 1.29 is 5.11 Å². The molecule has 2 heteroatoms. The molecule has 2 N–H and O–H groups in total. The van der Waals surface area contributed by atoms with Crippen LogP contribution in [0.3, 0.4) is 0 Å². The molecule has 70 valence electrons. The zero-order valence-corrected chi connectivity index (χ0v) is 7.66. The van der Waals surface area contributed by atoms with Crippen LogP contribution in [0, 0.1) is 0 Å². The number of anilines is 1. The van der Waals surface area contributed by atoms with Crippen LogP contribution in [-0.2, 0) is 6.61 Å². The second kappa shape index (κ2) is 3.79. The number of aliphatic hydroxyl groups is 1. The second-order valence-corrected chi connectivity index (χ2v) is 3.63. The Hall–Kier alpha value is -1.02. The molecule has 0 saturated heterocycles. The number of nitrogens with one attached hydrogen (secondary N) is 1. The molecular weight excluding hydrogens is 162 g/mol. The van der Waals surface area contributed by atoms with E-state index in [2.05, 4.69) is 11.4 Å². The summed E-state index contributed by atoms with van der Waals surface area (Å²) in [5, 5.41) is 12.4. The van der Waals surface area contributed by atoms with Crippen molar-refractivity contribution >= 4 is 5.69 Å². The fraction of sp³-hybridized carbons (Fsp3) is 0.455. The van der Waals surface area contributed by atoms with Crippen molar-refractivity contribution in [2.45, 2.75) is 31.9 Å². The Morgan fingerprint density at radius 2 is 2.23 bits per heavy atom. The van der Waals surface area contributed by atoms with E-state index in [1.165, 1.54) is 19.3 Å². The van der Waals surface area contributed by atoms with E-state index in [1.807, 2.05) is 18.2 Å². The van der Waals surface area contributed by atoms with Crippen molar-refractivity contribution in [3.05, 3.63) is 29.8 Å². The fourth-order valence-corrected chi connectivity index (χ4v) is 1.55. The van der Waals surface area contributed by atoms with Crippen LogP contribution in [0.4, 0.5) is 5.69 Å². The quantitative estimate of drug-likeness (QED) is 0.741. The van der Waals surface area contributed by atoms with Gasteiger partial charge in [0.05, 0.1) is 6.61 Å². The Morgan fingerprint density at radius 3 is 2.85 bits per heavy atom. The summed E-state index contributed by atoms with van der Waals surface area (Å²) in [5.74, 6) is 0. The van der Waals surface area contributed by atoms with Crippen molar-refractivity contribution in [1.82, 2.24) is 0 Å². The number of benzene rings is 1. The Labute approximate surface area is 78.6 Å². The first-order chi connectivity index (χ1) is 6.38. The molecule has 0 amide bonds. The molecule has 0 heterocycles. The van der Waals surface area contributed by atoms with E-state index in [0.29, 0.717) is 6.04 Å². The van der Waals surface area contributed by atoms with E-state index in [9.17, 15) is 0 Å². The van der Waals surface area contributed by atoms with Gasteiger partial charge in [-0.15, -0.1) is 0 Å². The van der Waals surface area contributed by atoms with Crippen molar-refractivity contribution in [3.63, 3.8) is 0 Å². The van der Waals surface area contributed by atoms with Gasteiger partial charge in [0.2, 0.25) is 0 Å². The molecule has 0 bridgehead atoms. The normalized spacial score (nSPS) is 16.7. The standard InChI is InChI=1S/C11H15NO/c13-8-9-3-1-6-11(7-9)12-10-4-2-5-10/h1,3,6-7,10,12-13H,2,4-5,8H2. The summed E-state index contributed by atoms with van der Waals surface area (Å²) in [6, 6.07) is 8.64. The topological polar surface area (TPSA) is 32.3 Å². The highest BCUT2D eigenvalue weighted by Gasteiger charge is 2.16. The van der Waals surface area contributed by atoms with Crippen molar-refractivity contribution in [3.8, 4) is 0 Å². The van der Waals surface area contributed by atoms with Gasteiger partial charge in [-0.2, -0.15) is 0 Å². The van der Waals surface area contributed by atoms with Crippen molar-refractivity contribution in [2.24, 2.45) is 0 Å². The third-order valence-corrected chi connectivity index (χ3v) is 2.59. The van der Waals surface area contributed by atoms with Gasteiger partial charge < -0.3 is 10.4 Å². The maximum atomic E-state index is 8.94. The lowest BCUT2D eigenvalue weighted by molar-refractivity contribution is 0.282. The van der Waals surface area contributed by atoms with Crippen LogP contribution in [-0.4, -0.2) is 11.1 Å². The molecule has 2 rings (SSSR count). The van der Waals surface area contributed by atoms with Crippen LogP contribution in [0.15, 0.2) is 24.3 Å². The van der Waals surface area contributed by atoms with Gasteiger partial charge in [0.15, 0.2) is 0 Å². The minimum Gasteiger partial charge on any atom is -0.392 e. The molecule has 1 aliphatic carbocycles. The summed E-state index contributed by atoms with van der Waals surface area (Å²) in [5.41, 5.74) is 2.11. The van der Waals surface area contributed by atoms with Gasteiger partial charge in [0, 0.05) is 11.7 Å². The van der Waals surface area contributed by atoms with Gasteiger partial charge in [0.1, 0.15) is 0 Å². The largest absolute Gasteiger partial charge is 0.392 e. The Morgan fingerprint density at radius 1 is 1.38 bits per heavy atom. The highest BCUT2D eigenvalue weighted by atomic mass is 16.3. The maximum absolute atomic E-state index is 8.94. The highest BCUT2D eigenvalue weighted by molar-refractivity contribution is 5.46. The summed E-state index contributed by atoms with van der Waals surface area (Å²) in [4.78, 5) is 0. The number of rotatable bonds is 3. The van der Waals surface area contributed by atoms with E-state index in [-0.39, 0.29) is 6.61 Å². The molecular formula is C11H15NO. The van der Waals surface area contributed by atoms with Crippen molar-refractivity contribution in [1.29, 1.82) is 0 Å². The fourth-order valence-electron chi connectivity index (χ4n) is 1.55. The molecule has 0 aliphatic heterocycles. The summed E-state index contributed by atoms with van der Waals surface area (Å²) in [6.45, 7) is 0.125. The number of hydrogen-bond donors (Lipinski definition) is 2. The summed E-state index contributed by atoms with van der Waals surface area (Å²) >= 11 is 0. The van der Waals surface area contributed by atoms with Gasteiger partial charge in [-0.25, -0.2) is 0 Å². The van der Waals surface area contributed by atoms with E-state index in [4.69, 9.17) is 5.11 Å². The number of aliphatic hydroxyl groups excluding tert-OH is 1. The minimum absolute atomic E-state index is 0.125. The summed E-state index contributed by atoms with van der Waals surface area (Å²) in [7, 11) is 0. The lowest BCUT2D eigenvalue weighted by Crippen LogP contribution is -2.26. The highest BCUT2D eigenvalue weighted by Crippen LogP contribution is 2.23. The van der Waals surface area contributed by atoms with Gasteiger partial charge in [-0.1, -0.05) is 12.1 Å². The Balaban J connectivity index is 2.01. The molecule has 1 aromatic carbocycles. The molecule has 0 aromatic heterocycles. The molecule has 0 spiro atoms. The summed E-state index contributed by atoms with van der Waals surface area (Å²) in [6.07, 6.45) is 3.91. The van der Waals surface area contributed by atoms with Crippen LogP contribution in [0.25, 0.3) is 0 Å². The van der Waals surface area contributed by atoms with E-state index >= 15 is 0 Å². The van der Waals surface area contributed by atoms with Crippen LogP contribution in [0.2, 0.25) is 0 Å². The van der Waals surface area contributed by atoms with E-state index in [1.54, 1.807) is 0 Å². The van der Waals surface area contributed by atoms with Crippen molar-refractivity contribution in [2.75, 3.05) is 5.32 Å². The first-order valence-corrected chi connectivity index (χ1v) is 4.85. The van der Waals surface area contributed by atoms with E-state index < -0.39 is 0 Å². The SMILES string of the molecule is OCc1cccc(NC2CCC2)c1. The molecule has 0 radical (unpaired) electrons. The zero-order chi connectivity index (χ0) is 9.10. The third kappa shape index (κ3) is 2.01.